The summed E-state index contributed by atoms with van der Waals surface area (Å²) >= 11 is 3.63. The number of likely N-dealkylation sites (N-methyl/N-ethyl adjacent to an activating group) is 1. The second kappa shape index (κ2) is 7.04. The van der Waals surface area contributed by atoms with Gasteiger partial charge in [-0.25, -0.2) is 0 Å². The van der Waals surface area contributed by atoms with Gasteiger partial charge >= 0.3 is 0 Å². The van der Waals surface area contributed by atoms with Crippen molar-refractivity contribution in [3.63, 3.8) is 0 Å². The molecule has 1 aromatic heterocycles. The van der Waals surface area contributed by atoms with Crippen LogP contribution in [0.5, 0.6) is 0 Å². The van der Waals surface area contributed by atoms with Gasteiger partial charge in [-0.05, 0) is 38.1 Å². The van der Waals surface area contributed by atoms with E-state index < -0.39 is 0 Å². The molecule has 1 heterocycles. The lowest BCUT2D eigenvalue weighted by Gasteiger charge is -2.17. The number of rotatable bonds is 6. The van der Waals surface area contributed by atoms with E-state index in [0.717, 1.165) is 23.0 Å². The third-order valence-corrected chi connectivity index (χ3v) is 4.47. The topological polar surface area (TPSA) is 29.9 Å². The maximum Gasteiger partial charge on any atom is 0.0643 e. The molecule has 0 bridgehead atoms. The van der Waals surface area contributed by atoms with E-state index in [2.05, 4.69) is 75.3 Å². The number of hydrogen-bond donors (Lipinski definition) is 1. The third kappa shape index (κ3) is 3.49. The fraction of sp³-hybridized carbons (Fsp3) is 0.438. The first kappa shape index (κ1) is 15.3. The molecule has 0 radical (unpaired) electrons. The molecule has 0 aliphatic carbocycles. The Labute approximate surface area is 129 Å². The average molecular weight is 336 g/mol. The molecule has 2 rings (SSSR count). The molecule has 0 amide bonds. The van der Waals surface area contributed by atoms with Crippen molar-refractivity contribution in [3.8, 4) is 0 Å². The zero-order valence-electron chi connectivity index (χ0n) is 12.3. The van der Waals surface area contributed by atoms with Crippen LogP contribution in [0.4, 0.5) is 0 Å². The smallest absolute Gasteiger partial charge is 0.0643 e. The zero-order chi connectivity index (χ0) is 14.5. The summed E-state index contributed by atoms with van der Waals surface area (Å²) in [5.41, 5.74) is 2.40. The van der Waals surface area contributed by atoms with E-state index in [1.54, 1.807) is 0 Å². The molecule has 0 saturated carbocycles. The third-order valence-electron chi connectivity index (χ3n) is 3.75. The highest BCUT2D eigenvalue weighted by Gasteiger charge is 2.15. The van der Waals surface area contributed by atoms with Crippen LogP contribution < -0.4 is 5.32 Å². The van der Waals surface area contributed by atoms with Gasteiger partial charge in [0, 0.05) is 29.2 Å². The van der Waals surface area contributed by atoms with Gasteiger partial charge in [-0.2, -0.15) is 5.10 Å². The van der Waals surface area contributed by atoms with Crippen molar-refractivity contribution in [2.45, 2.75) is 38.8 Å². The standard InChI is InChI=1S/C16H22BrN3/c1-4-12(2)20-10-9-13(19-20)11-16(18-3)14-7-5-6-8-15(14)17/h5-10,12,16,18H,4,11H2,1-3H3. The normalized spacial score (nSPS) is 14.2. The second-order valence-electron chi connectivity index (χ2n) is 5.11. The summed E-state index contributed by atoms with van der Waals surface area (Å²) in [6.45, 7) is 4.38. The highest BCUT2D eigenvalue weighted by molar-refractivity contribution is 9.10. The minimum Gasteiger partial charge on any atom is -0.313 e. The van der Waals surface area contributed by atoms with Crippen molar-refractivity contribution in [2.24, 2.45) is 0 Å². The monoisotopic (exact) mass is 335 g/mol. The van der Waals surface area contributed by atoms with Gasteiger partial charge in [0.1, 0.15) is 0 Å². The number of aromatic nitrogens is 2. The highest BCUT2D eigenvalue weighted by Crippen LogP contribution is 2.25. The lowest BCUT2D eigenvalue weighted by atomic mass is 10.0. The van der Waals surface area contributed by atoms with E-state index in [4.69, 9.17) is 0 Å². The van der Waals surface area contributed by atoms with Crippen molar-refractivity contribution >= 4 is 15.9 Å². The van der Waals surface area contributed by atoms with Crippen LogP contribution in [0.15, 0.2) is 41.0 Å². The average Bonchev–Trinajstić information content (AvgIpc) is 2.93. The van der Waals surface area contributed by atoms with Gasteiger partial charge in [-0.1, -0.05) is 41.1 Å². The Hall–Kier alpha value is -1.13. The van der Waals surface area contributed by atoms with Crippen LogP contribution in [0.25, 0.3) is 0 Å². The largest absolute Gasteiger partial charge is 0.313 e. The van der Waals surface area contributed by atoms with Gasteiger partial charge in [0.05, 0.1) is 5.69 Å². The minimum atomic E-state index is 0.269. The summed E-state index contributed by atoms with van der Waals surface area (Å²) in [6, 6.07) is 11.2. The molecule has 0 aliphatic rings. The summed E-state index contributed by atoms with van der Waals surface area (Å²) in [5, 5.41) is 8.07. The highest BCUT2D eigenvalue weighted by atomic mass is 79.9. The lowest BCUT2D eigenvalue weighted by molar-refractivity contribution is 0.469. The number of nitrogens with zero attached hydrogens (tertiary/aromatic N) is 2. The van der Waals surface area contributed by atoms with Crippen molar-refractivity contribution in [3.05, 3.63) is 52.3 Å². The van der Waals surface area contributed by atoms with Crippen LogP contribution in [-0.4, -0.2) is 16.8 Å². The predicted octanol–water partition coefficient (Wildman–Crippen LogP) is 4.12. The fourth-order valence-corrected chi connectivity index (χ4v) is 2.81. The Morgan fingerprint density at radius 1 is 1.30 bits per heavy atom. The maximum absolute atomic E-state index is 4.69. The molecule has 4 heteroatoms. The summed E-state index contributed by atoms with van der Waals surface area (Å²) in [7, 11) is 2.00. The van der Waals surface area contributed by atoms with Gasteiger partial charge in [0.15, 0.2) is 0 Å². The molecule has 20 heavy (non-hydrogen) atoms. The molecule has 0 spiro atoms. The van der Waals surface area contributed by atoms with Crippen molar-refractivity contribution in [2.75, 3.05) is 7.05 Å². The zero-order valence-corrected chi connectivity index (χ0v) is 13.9. The van der Waals surface area contributed by atoms with Crippen LogP contribution >= 0.6 is 15.9 Å². The number of nitrogens with one attached hydrogen (secondary N) is 1. The Morgan fingerprint density at radius 3 is 2.70 bits per heavy atom. The minimum absolute atomic E-state index is 0.269. The Bertz CT molecular complexity index is 550. The molecular weight excluding hydrogens is 314 g/mol. The molecule has 2 aromatic rings. The van der Waals surface area contributed by atoms with E-state index in [0.29, 0.717) is 6.04 Å². The Kier molecular flexibility index (Phi) is 5.38. The Balaban J connectivity index is 2.15. The van der Waals surface area contributed by atoms with Gasteiger partial charge < -0.3 is 5.32 Å². The number of hydrogen-bond acceptors (Lipinski definition) is 2. The van der Waals surface area contributed by atoms with Crippen molar-refractivity contribution in [1.82, 2.24) is 15.1 Å². The summed E-state index contributed by atoms with van der Waals surface area (Å²) in [4.78, 5) is 0. The molecule has 1 aromatic carbocycles. The molecule has 3 nitrogen and oxygen atoms in total. The first-order valence-electron chi connectivity index (χ1n) is 7.11. The van der Waals surface area contributed by atoms with Crippen molar-refractivity contribution < 1.29 is 0 Å². The maximum atomic E-state index is 4.69. The van der Waals surface area contributed by atoms with Gasteiger partial charge in [0.2, 0.25) is 0 Å². The molecule has 108 valence electrons. The second-order valence-corrected chi connectivity index (χ2v) is 5.97. The number of benzene rings is 1. The van der Waals surface area contributed by atoms with E-state index in [1.807, 2.05) is 13.1 Å². The summed E-state index contributed by atoms with van der Waals surface area (Å²) in [6.07, 6.45) is 4.07. The number of halogens is 1. The summed E-state index contributed by atoms with van der Waals surface area (Å²) < 4.78 is 3.20. The molecule has 2 atom stereocenters. The Morgan fingerprint density at radius 2 is 2.05 bits per heavy atom. The van der Waals surface area contributed by atoms with E-state index in [1.165, 1.54) is 5.56 Å². The molecule has 0 aliphatic heterocycles. The van der Waals surface area contributed by atoms with E-state index in [-0.39, 0.29) is 6.04 Å². The van der Waals surface area contributed by atoms with Crippen LogP contribution in [0, 0.1) is 0 Å². The molecule has 0 saturated heterocycles. The lowest BCUT2D eigenvalue weighted by Crippen LogP contribution is -2.19. The van der Waals surface area contributed by atoms with Crippen LogP contribution in [-0.2, 0) is 6.42 Å². The molecule has 2 unspecified atom stereocenters. The van der Waals surface area contributed by atoms with Gasteiger partial charge in [-0.15, -0.1) is 0 Å². The van der Waals surface area contributed by atoms with E-state index >= 15 is 0 Å². The van der Waals surface area contributed by atoms with Crippen LogP contribution in [0.2, 0.25) is 0 Å². The molecular formula is C16H22BrN3. The van der Waals surface area contributed by atoms with Crippen LogP contribution in [0.3, 0.4) is 0 Å². The van der Waals surface area contributed by atoms with Gasteiger partial charge in [0.25, 0.3) is 0 Å². The first-order chi connectivity index (χ1) is 9.65. The predicted molar refractivity (Wildman–Crippen MR) is 86.9 cm³/mol. The fourth-order valence-electron chi connectivity index (χ4n) is 2.25. The molecule has 0 fully saturated rings. The first-order valence-corrected chi connectivity index (χ1v) is 7.90. The summed E-state index contributed by atoms with van der Waals surface area (Å²) in [5.74, 6) is 0. The quantitative estimate of drug-likeness (QED) is 0.860. The van der Waals surface area contributed by atoms with E-state index in [9.17, 15) is 0 Å². The SMILES string of the molecule is CCC(C)n1ccc(CC(NC)c2ccccc2Br)n1. The molecule has 1 N–H and O–H groups in total. The van der Waals surface area contributed by atoms with Crippen LogP contribution in [0.1, 0.15) is 43.6 Å². The van der Waals surface area contributed by atoms with Crippen molar-refractivity contribution in [1.29, 1.82) is 0 Å². The van der Waals surface area contributed by atoms with Gasteiger partial charge in [-0.3, -0.25) is 4.68 Å².